The molecule has 0 spiro atoms. The Kier molecular flexibility index (Phi) is 3.29. The van der Waals surface area contributed by atoms with Crippen LogP contribution in [0.5, 0.6) is 0 Å². The number of nitrogens with zero attached hydrogens (tertiary/aromatic N) is 1. The van der Waals surface area contributed by atoms with E-state index >= 15 is 0 Å². The fraction of sp³-hybridized carbons (Fsp3) is 0.267. The third-order valence-corrected chi connectivity index (χ3v) is 4.11. The van der Waals surface area contributed by atoms with Gasteiger partial charge in [0.15, 0.2) is 0 Å². The van der Waals surface area contributed by atoms with Gasteiger partial charge in [0.05, 0.1) is 16.0 Å². The van der Waals surface area contributed by atoms with Crippen LogP contribution in [0.1, 0.15) is 23.3 Å². The Morgan fingerprint density at radius 1 is 1.33 bits per heavy atom. The Morgan fingerprint density at radius 3 is 2.71 bits per heavy atom. The Balaban J connectivity index is 1.80. The highest BCUT2D eigenvalue weighted by molar-refractivity contribution is 6.35. The Bertz CT molecular complexity index is 741. The molecular formula is C15H13ClN2O3. The van der Waals surface area contributed by atoms with E-state index in [1.54, 1.807) is 6.07 Å². The number of carbonyl (C=O) groups is 2. The van der Waals surface area contributed by atoms with Crippen molar-refractivity contribution in [2.24, 2.45) is 5.41 Å². The third kappa shape index (κ3) is 2.56. The van der Waals surface area contributed by atoms with E-state index in [-0.39, 0.29) is 12.2 Å². The number of halogens is 1. The lowest BCUT2D eigenvalue weighted by Crippen LogP contribution is -2.34. The number of aromatic nitrogens is 1. The quantitative estimate of drug-likeness (QED) is 0.909. The maximum atomic E-state index is 12.1. The highest BCUT2D eigenvalue weighted by Gasteiger charge is 2.50. The fourth-order valence-electron chi connectivity index (χ4n) is 2.21. The van der Waals surface area contributed by atoms with Crippen molar-refractivity contribution in [1.82, 2.24) is 10.3 Å². The molecule has 2 N–H and O–H groups in total. The van der Waals surface area contributed by atoms with Crippen molar-refractivity contribution >= 4 is 34.4 Å². The van der Waals surface area contributed by atoms with Crippen molar-refractivity contribution in [3.8, 4) is 0 Å². The molecule has 1 heterocycles. The molecule has 1 amide bonds. The van der Waals surface area contributed by atoms with Crippen molar-refractivity contribution in [2.45, 2.75) is 12.8 Å². The van der Waals surface area contributed by atoms with Crippen molar-refractivity contribution in [1.29, 1.82) is 0 Å². The zero-order valence-electron chi connectivity index (χ0n) is 11.1. The lowest BCUT2D eigenvalue weighted by Gasteiger charge is -2.11. The molecule has 0 atom stereocenters. The number of nitrogens with one attached hydrogen (secondary N) is 1. The molecule has 1 aromatic heterocycles. The second kappa shape index (κ2) is 5.00. The highest BCUT2D eigenvalue weighted by Crippen LogP contribution is 2.45. The van der Waals surface area contributed by atoms with Gasteiger partial charge >= 0.3 is 5.97 Å². The molecule has 0 aliphatic heterocycles. The van der Waals surface area contributed by atoms with Gasteiger partial charge in [-0.25, -0.2) is 4.98 Å². The van der Waals surface area contributed by atoms with Crippen LogP contribution >= 0.6 is 11.6 Å². The number of fused-ring (bicyclic) bond motifs is 1. The number of aliphatic carboxylic acids is 1. The lowest BCUT2D eigenvalue weighted by atomic mass is 10.1. The summed E-state index contributed by atoms with van der Waals surface area (Å²) in [5, 5.41) is 12.9. The molecule has 1 fully saturated rings. The molecule has 2 aromatic rings. The number of pyridine rings is 1. The summed E-state index contributed by atoms with van der Waals surface area (Å²) in [5.41, 5.74) is 0.0328. The number of hydrogen-bond donors (Lipinski definition) is 2. The number of para-hydroxylation sites is 1. The number of carboxylic acids is 1. The molecule has 6 heteroatoms. The first-order valence-electron chi connectivity index (χ1n) is 6.59. The Morgan fingerprint density at radius 2 is 2.05 bits per heavy atom. The van der Waals surface area contributed by atoms with E-state index < -0.39 is 17.3 Å². The van der Waals surface area contributed by atoms with Crippen LogP contribution in [-0.4, -0.2) is 28.5 Å². The molecule has 108 valence electrons. The van der Waals surface area contributed by atoms with Crippen LogP contribution in [0, 0.1) is 5.41 Å². The molecule has 5 nitrogen and oxygen atoms in total. The summed E-state index contributed by atoms with van der Waals surface area (Å²) in [4.78, 5) is 27.4. The average molecular weight is 305 g/mol. The molecule has 0 radical (unpaired) electrons. The van der Waals surface area contributed by atoms with Crippen molar-refractivity contribution in [3.63, 3.8) is 0 Å². The predicted molar refractivity (Wildman–Crippen MR) is 78.4 cm³/mol. The molecule has 21 heavy (non-hydrogen) atoms. The molecule has 0 saturated heterocycles. The number of amides is 1. The molecule has 3 rings (SSSR count). The van der Waals surface area contributed by atoms with Gasteiger partial charge < -0.3 is 10.4 Å². The summed E-state index contributed by atoms with van der Waals surface area (Å²) >= 11 is 6.15. The first-order valence-corrected chi connectivity index (χ1v) is 6.96. The first-order chi connectivity index (χ1) is 10.0. The van der Waals surface area contributed by atoms with Gasteiger partial charge in [-0.1, -0.05) is 29.8 Å². The summed E-state index contributed by atoms with van der Waals surface area (Å²) in [5.74, 6) is -1.28. The zero-order chi connectivity index (χ0) is 15.0. The number of benzene rings is 1. The zero-order valence-corrected chi connectivity index (χ0v) is 11.9. The Hall–Kier alpha value is -2.14. The minimum atomic E-state index is -0.868. The SMILES string of the molecule is O=C(NCC1(C(=O)O)CC1)c1cc(Cl)c2ccccc2n1. The maximum Gasteiger partial charge on any atom is 0.311 e. The molecule has 0 bridgehead atoms. The topological polar surface area (TPSA) is 79.3 Å². The van der Waals surface area contributed by atoms with Gasteiger partial charge in [0, 0.05) is 11.9 Å². The second-order valence-corrected chi connectivity index (χ2v) is 5.68. The van der Waals surface area contributed by atoms with Crippen LogP contribution in [0.25, 0.3) is 10.9 Å². The Labute approximate surface area is 125 Å². The van der Waals surface area contributed by atoms with Crippen molar-refractivity contribution in [2.75, 3.05) is 6.54 Å². The second-order valence-electron chi connectivity index (χ2n) is 5.27. The van der Waals surface area contributed by atoms with Gasteiger partial charge in [0.2, 0.25) is 0 Å². The van der Waals surface area contributed by atoms with Crippen molar-refractivity contribution < 1.29 is 14.7 Å². The first kappa shape index (κ1) is 13.8. The number of hydrogen-bond acceptors (Lipinski definition) is 3. The van der Waals surface area contributed by atoms with Crippen LogP contribution in [-0.2, 0) is 4.79 Å². The van der Waals surface area contributed by atoms with Crippen LogP contribution < -0.4 is 5.32 Å². The molecule has 0 unspecified atom stereocenters. The summed E-state index contributed by atoms with van der Waals surface area (Å²) in [6.45, 7) is 0.118. The third-order valence-electron chi connectivity index (χ3n) is 3.79. The minimum absolute atomic E-state index is 0.118. The number of carbonyl (C=O) groups excluding carboxylic acids is 1. The van der Waals surface area contributed by atoms with Crippen LogP contribution in [0.2, 0.25) is 5.02 Å². The van der Waals surface area contributed by atoms with E-state index in [2.05, 4.69) is 10.3 Å². The van der Waals surface area contributed by atoms with Gasteiger partial charge in [-0.2, -0.15) is 0 Å². The number of rotatable bonds is 4. The van der Waals surface area contributed by atoms with Gasteiger partial charge in [0.25, 0.3) is 5.91 Å². The summed E-state index contributed by atoms with van der Waals surface area (Å²) < 4.78 is 0. The van der Waals surface area contributed by atoms with E-state index in [9.17, 15) is 9.59 Å². The molecule has 1 aliphatic carbocycles. The fourth-order valence-corrected chi connectivity index (χ4v) is 2.47. The molecular weight excluding hydrogens is 292 g/mol. The number of carboxylic acid groups (broad SMARTS) is 1. The largest absolute Gasteiger partial charge is 0.481 e. The monoisotopic (exact) mass is 304 g/mol. The van der Waals surface area contributed by atoms with Crippen LogP contribution in [0.3, 0.4) is 0 Å². The van der Waals surface area contributed by atoms with Crippen LogP contribution in [0.4, 0.5) is 0 Å². The summed E-state index contributed by atoms with van der Waals surface area (Å²) in [6, 6.07) is 8.77. The maximum absolute atomic E-state index is 12.1. The minimum Gasteiger partial charge on any atom is -0.481 e. The standard InChI is InChI=1S/C15H13ClN2O3/c16-10-7-12(18-11-4-2-1-3-9(10)11)13(19)17-8-15(5-6-15)14(20)21/h1-4,7H,5-6,8H2,(H,17,19)(H,20,21). The van der Waals surface area contributed by atoms with Gasteiger partial charge in [-0.15, -0.1) is 0 Å². The van der Waals surface area contributed by atoms with Crippen LogP contribution in [0.15, 0.2) is 30.3 Å². The predicted octanol–water partition coefficient (Wildman–Crippen LogP) is 2.48. The van der Waals surface area contributed by atoms with E-state index in [4.69, 9.17) is 16.7 Å². The average Bonchev–Trinajstić information content (AvgIpc) is 3.26. The van der Waals surface area contributed by atoms with Gasteiger partial charge in [-0.05, 0) is 25.0 Å². The van der Waals surface area contributed by atoms with Gasteiger partial charge in [0.1, 0.15) is 5.69 Å². The summed E-state index contributed by atoms with van der Waals surface area (Å²) in [6.07, 6.45) is 1.18. The van der Waals surface area contributed by atoms with E-state index in [0.717, 1.165) is 5.39 Å². The van der Waals surface area contributed by atoms with E-state index in [1.165, 1.54) is 6.07 Å². The van der Waals surface area contributed by atoms with E-state index in [0.29, 0.717) is 23.4 Å². The van der Waals surface area contributed by atoms with Gasteiger partial charge in [-0.3, -0.25) is 9.59 Å². The molecule has 1 aromatic carbocycles. The highest BCUT2D eigenvalue weighted by atomic mass is 35.5. The normalized spacial score (nSPS) is 15.7. The summed E-state index contributed by atoms with van der Waals surface area (Å²) in [7, 11) is 0. The smallest absolute Gasteiger partial charge is 0.311 e. The van der Waals surface area contributed by atoms with E-state index in [1.807, 2.05) is 18.2 Å². The molecule has 1 saturated carbocycles. The lowest BCUT2D eigenvalue weighted by molar-refractivity contribution is -0.143. The van der Waals surface area contributed by atoms with Crippen molar-refractivity contribution in [3.05, 3.63) is 41.0 Å². The molecule has 1 aliphatic rings.